The van der Waals surface area contributed by atoms with Crippen molar-refractivity contribution in [3.63, 3.8) is 0 Å². The van der Waals surface area contributed by atoms with Crippen molar-refractivity contribution in [3.05, 3.63) is 47.5 Å². The van der Waals surface area contributed by atoms with Crippen LogP contribution in [-0.4, -0.2) is 95.4 Å². The molecule has 47 heavy (non-hydrogen) atoms. The van der Waals surface area contributed by atoms with Crippen molar-refractivity contribution in [1.29, 1.82) is 0 Å². The number of fused-ring (bicyclic) bond motifs is 5. The maximum Gasteiger partial charge on any atom is 0.243 e. The first-order chi connectivity index (χ1) is 22.5. The summed E-state index contributed by atoms with van der Waals surface area (Å²) in [6.45, 7) is 0.419. The Morgan fingerprint density at radius 1 is 0.894 bits per heavy atom. The van der Waals surface area contributed by atoms with Gasteiger partial charge in [0.05, 0.1) is 12.6 Å². The third kappa shape index (κ3) is 10.9. The molecular weight excluding hydrogens is 608 g/mol. The van der Waals surface area contributed by atoms with Crippen molar-refractivity contribution < 1.29 is 34.5 Å². The molecule has 2 aromatic rings. The third-order valence-corrected chi connectivity index (χ3v) is 8.03. The molecule has 258 valence electrons. The molecular formula is C32H48N8O7. The van der Waals surface area contributed by atoms with E-state index in [0.29, 0.717) is 41.5 Å². The molecule has 15 nitrogen and oxygen atoms in total. The van der Waals surface area contributed by atoms with E-state index in [2.05, 4.69) is 21.3 Å². The van der Waals surface area contributed by atoms with Crippen LogP contribution in [0.2, 0.25) is 0 Å². The smallest absolute Gasteiger partial charge is 0.243 e. The molecule has 15 N–H and O–H groups in total. The van der Waals surface area contributed by atoms with E-state index < -0.39 is 53.8 Å². The van der Waals surface area contributed by atoms with E-state index in [-0.39, 0.29) is 63.4 Å². The molecule has 1 heterocycles. The van der Waals surface area contributed by atoms with Gasteiger partial charge < -0.3 is 59.5 Å². The minimum atomic E-state index is -1.29. The number of amides is 4. The third-order valence-electron chi connectivity index (χ3n) is 8.03. The second-order valence-corrected chi connectivity index (χ2v) is 11.8. The predicted octanol–water partition coefficient (Wildman–Crippen LogP) is -2.05. The highest BCUT2D eigenvalue weighted by Crippen LogP contribution is 2.31. The molecule has 0 radical (unpaired) electrons. The molecule has 4 bridgehead atoms. The summed E-state index contributed by atoms with van der Waals surface area (Å²) in [5.74, 6) is -2.70. The van der Waals surface area contributed by atoms with Gasteiger partial charge in [-0.3, -0.25) is 19.2 Å². The van der Waals surface area contributed by atoms with Gasteiger partial charge in [-0.15, -0.1) is 0 Å². The lowest BCUT2D eigenvalue weighted by Gasteiger charge is -2.26. The zero-order chi connectivity index (χ0) is 34.5. The van der Waals surface area contributed by atoms with Gasteiger partial charge in [0.2, 0.25) is 23.6 Å². The monoisotopic (exact) mass is 656 g/mol. The minimum absolute atomic E-state index is 0.0229. The first-order valence-corrected chi connectivity index (χ1v) is 15.8. The van der Waals surface area contributed by atoms with Crippen molar-refractivity contribution in [3.8, 4) is 22.6 Å². The van der Waals surface area contributed by atoms with Crippen LogP contribution in [-0.2, 0) is 32.0 Å². The van der Waals surface area contributed by atoms with Crippen molar-refractivity contribution in [2.45, 2.75) is 75.2 Å². The molecule has 3 rings (SSSR count). The average Bonchev–Trinajstić information content (AvgIpc) is 3.05. The second kappa shape index (κ2) is 18.2. The SMILES string of the molecule is NCCC[C@H](NC(=O)[C@@H]1Cc2cc(ccc2O)-c2ccc(O)c(c2)C[C@H](N)C(=O)N[C@@H](CCCN)C(=O)N1)C(=O)NCC[C@H](N)CO. The van der Waals surface area contributed by atoms with Gasteiger partial charge in [0.25, 0.3) is 0 Å². The number of aromatic hydroxyl groups is 2. The minimum Gasteiger partial charge on any atom is -0.508 e. The molecule has 0 saturated heterocycles. The fraction of sp³-hybridized carbons (Fsp3) is 0.500. The molecule has 0 unspecified atom stereocenters. The van der Waals surface area contributed by atoms with Crippen LogP contribution >= 0.6 is 0 Å². The molecule has 0 fully saturated rings. The number of carbonyl (C=O) groups excluding carboxylic acids is 4. The van der Waals surface area contributed by atoms with E-state index in [1.54, 1.807) is 24.3 Å². The lowest BCUT2D eigenvalue weighted by atomic mass is 9.95. The van der Waals surface area contributed by atoms with E-state index in [9.17, 15) is 29.4 Å². The van der Waals surface area contributed by atoms with Gasteiger partial charge in [0, 0.05) is 25.4 Å². The summed E-state index contributed by atoms with van der Waals surface area (Å²) in [4.78, 5) is 53.7. The first kappa shape index (κ1) is 37.2. The van der Waals surface area contributed by atoms with Crippen LogP contribution in [0.15, 0.2) is 36.4 Å². The van der Waals surface area contributed by atoms with E-state index in [1.807, 2.05) is 0 Å². The number of nitrogens with two attached hydrogens (primary N) is 4. The highest BCUT2D eigenvalue weighted by molar-refractivity contribution is 5.95. The predicted molar refractivity (Wildman–Crippen MR) is 176 cm³/mol. The maximum atomic E-state index is 13.8. The molecule has 0 aromatic heterocycles. The van der Waals surface area contributed by atoms with Crippen LogP contribution in [0.3, 0.4) is 0 Å². The van der Waals surface area contributed by atoms with Crippen LogP contribution in [0.25, 0.3) is 11.1 Å². The van der Waals surface area contributed by atoms with Gasteiger partial charge in [-0.25, -0.2) is 0 Å². The zero-order valence-corrected chi connectivity index (χ0v) is 26.4. The summed E-state index contributed by atoms with van der Waals surface area (Å²) in [7, 11) is 0. The molecule has 4 amide bonds. The number of benzene rings is 2. The van der Waals surface area contributed by atoms with Gasteiger partial charge in [-0.05, 0) is 91.7 Å². The Hall–Kier alpha value is -4.28. The van der Waals surface area contributed by atoms with Gasteiger partial charge in [-0.2, -0.15) is 0 Å². The van der Waals surface area contributed by atoms with Gasteiger partial charge >= 0.3 is 0 Å². The number of carbonyl (C=O) groups is 4. The van der Waals surface area contributed by atoms with E-state index in [0.717, 1.165) is 0 Å². The Kier molecular flexibility index (Phi) is 14.4. The molecule has 0 aliphatic carbocycles. The summed E-state index contributed by atoms with van der Waals surface area (Å²) in [6, 6.07) is 4.58. The number of hydrogen-bond donors (Lipinski definition) is 11. The topological polar surface area (TPSA) is 281 Å². The van der Waals surface area contributed by atoms with Gasteiger partial charge in [0.1, 0.15) is 29.6 Å². The molecule has 15 heteroatoms. The molecule has 5 atom stereocenters. The average molecular weight is 657 g/mol. The molecule has 1 aliphatic rings. The highest BCUT2D eigenvalue weighted by Gasteiger charge is 2.31. The van der Waals surface area contributed by atoms with Crippen LogP contribution in [0.5, 0.6) is 11.5 Å². The van der Waals surface area contributed by atoms with Crippen LogP contribution < -0.4 is 44.2 Å². The number of nitrogens with one attached hydrogen (secondary N) is 4. The number of phenols is 2. The number of rotatable bonds is 13. The number of hydrogen-bond acceptors (Lipinski definition) is 11. The lowest BCUT2D eigenvalue weighted by molar-refractivity contribution is -0.134. The second-order valence-electron chi connectivity index (χ2n) is 11.8. The molecule has 2 aromatic carbocycles. The number of aliphatic hydroxyl groups is 1. The van der Waals surface area contributed by atoms with Crippen molar-refractivity contribution in [1.82, 2.24) is 21.3 Å². The number of aliphatic hydroxyl groups excluding tert-OH is 1. The van der Waals surface area contributed by atoms with Crippen molar-refractivity contribution >= 4 is 23.6 Å². The Bertz CT molecular complexity index is 1390. The Labute approximate surface area is 273 Å². The van der Waals surface area contributed by atoms with Gasteiger partial charge in [-0.1, -0.05) is 12.1 Å². The van der Waals surface area contributed by atoms with Crippen LogP contribution in [0.1, 0.15) is 43.2 Å². The van der Waals surface area contributed by atoms with Gasteiger partial charge in [0.15, 0.2) is 0 Å². The summed E-state index contributed by atoms with van der Waals surface area (Å²) in [6.07, 6.45) is 1.26. The molecule has 0 spiro atoms. The Balaban J connectivity index is 2.01. The lowest BCUT2D eigenvalue weighted by Crippen LogP contribution is -2.58. The summed E-state index contributed by atoms with van der Waals surface area (Å²) >= 11 is 0. The van der Waals surface area contributed by atoms with E-state index >= 15 is 0 Å². The first-order valence-electron chi connectivity index (χ1n) is 15.8. The normalized spacial score (nSPS) is 19.7. The molecule has 0 saturated carbocycles. The quantitative estimate of drug-likeness (QED) is 0.112. The largest absolute Gasteiger partial charge is 0.508 e. The summed E-state index contributed by atoms with van der Waals surface area (Å²) < 4.78 is 0. The number of phenolic OH excluding ortho intramolecular Hbond substituents is 2. The van der Waals surface area contributed by atoms with Crippen molar-refractivity contribution in [2.75, 3.05) is 26.2 Å². The van der Waals surface area contributed by atoms with E-state index in [4.69, 9.17) is 28.0 Å². The Morgan fingerprint density at radius 2 is 1.51 bits per heavy atom. The summed E-state index contributed by atoms with van der Waals surface area (Å²) in [5.41, 5.74) is 25.3. The van der Waals surface area contributed by atoms with Crippen LogP contribution in [0.4, 0.5) is 0 Å². The molecule has 1 aliphatic heterocycles. The fourth-order valence-electron chi connectivity index (χ4n) is 5.22. The Morgan fingerprint density at radius 3 is 2.11 bits per heavy atom. The highest BCUT2D eigenvalue weighted by atomic mass is 16.3. The fourth-order valence-corrected chi connectivity index (χ4v) is 5.22. The van der Waals surface area contributed by atoms with Crippen LogP contribution in [0, 0.1) is 0 Å². The maximum absolute atomic E-state index is 13.8. The standard InChI is InChI=1S/C32H48N8O7/c33-10-1-3-24(30(45)37-12-9-22(35)17-41)39-32(47)26-16-21-14-19(6-8-28(21)43)18-5-7-27(42)20(13-18)15-23(36)29(44)38-25(4-2-11-34)31(46)40-26/h5-8,13-14,22-26,41-43H,1-4,9-12,15-17,33-36H2,(H,37,45)(H,38,44)(H,39,47)(H,40,46)/t22-,23-,24-,25-,26-/m0/s1. The zero-order valence-electron chi connectivity index (χ0n) is 26.4. The van der Waals surface area contributed by atoms with E-state index in [1.165, 1.54) is 12.1 Å². The van der Waals surface area contributed by atoms with Crippen molar-refractivity contribution in [2.24, 2.45) is 22.9 Å². The summed E-state index contributed by atoms with van der Waals surface area (Å²) in [5, 5.41) is 41.2.